The third kappa shape index (κ3) is 2.71. The van der Waals surface area contributed by atoms with Crippen molar-refractivity contribution in [2.24, 2.45) is 17.3 Å². The number of rotatable bonds is 4. The van der Waals surface area contributed by atoms with Gasteiger partial charge in [-0.25, -0.2) is 0 Å². The predicted octanol–water partition coefficient (Wildman–Crippen LogP) is 2.07. The van der Waals surface area contributed by atoms with Crippen molar-refractivity contribution in [3.63, 3.8) is 0 Å². The molecule has 3 aliphatic rings. The fourth-order valence-corrected chi connectivity index (χ4v) is 3.84. The van der Waals surface area contributed by atoms with Gasteiger partial charge in [-0.05, 0) is 49.4 Å². The van der Waals surface area contributed by atoms with Gasteiger partial charge in [0.1, 0.15) is 0 Å². The number of hydrogen-bond acceptors (Lipinski definition) is 2. The summed E-state index contributed by atoms with van der Waals surface area (Å²) in [5.41, 5.74) is 0.473. The molecular weight excluding hydrogens is 224 g/mol. The summed E-state index contributed by atoms with van der Waals surface area (Å²) >= 11 is 0. The molecule has 1 amide bonds. The minimum atomic E-state index is 0.281. The molecule has 3 unspecified atom stereocenters. The molecule has 0 aromatic carbocycles. The molecule has 0 radical (unpaired) electrons. The average Bonchev–Trinajstić information content (AvgIpc) is 2.77. The summed E-state index contributed by atoms with van der Waals surface area (Å²) in [6.07, 6.45) is 7.07. The Morgan fingerprint density at radius 1 is 1.28 bits per heavy atom. The molecule has 2 bridgehead atoms. The number of fused-ring (bicyclic) bond motifs is 2. The largest absolute Gasteiger partial charge is 0.356 e. The Labute approximate surface area is 110 Å². The van der Waals surface area contributed by atoms with Crippen LogP contribution < -0.4 is 10.6 Å². The van der Waals surface area contributed by atoms with E-state index in [1.165, 1.54) is 32.1 Å². The van der Waals surface area contributed by atoms with Gasteiger partial charge in [-0.1, -0.05) is 13.8 Å². The summed E-state index contributed by atoms with van der Waals surface area (Å²) in [5.74, 6) is 1.62. The van der Waals surface area contributed by atoms with Gasteiger partial charge in [-0.2, -0.15) is 0 Å². The molecule has 0 aromatic heterocycles. The zero-order valence-electron chi connectivity index (χ0n) is 11.7. The van der Waals surface area contributed by atoms with Gasteiger partial charge in [0, 0.05) is 25.0 Å². The first-order chi connectivity index (χ1) is 8.53. The van der Waals surface area contributed by atoms with Crippen molar-refractivity contribution < 1.29 is 4.79 Å². The lowest BCUT2D eigenvalue weighted by Gasteiger charge is -2.28. The highest BCUT2D eigenvalue weighted by atomic mass is 16.1. The first-order valence-corrected chi connectivity index (χ1v) is 7.56. The summed E-state index contributed by atoms with van der Waals surface area (Å²) in [7, 11) is 0. The molecule has 2 aliphatic heterocycles. The standard InChI is InChI=1S/C15H26N2O/c1-15(2)8-11(15)9-16-14(18)7-10-5-12-3-4-13(6-10)17-12/h10-13,17H,3-9H2,1-2H3,(H,16,18). The number of carbonyl (C=O) groups is 1. The van der Waals surface area contributed by atoms with E-state index in [0.29, 0.717) is 29.3 Å². The van der Waals surface area contributed by atoms with Crippen LogP contribution in [0.3, 0.4) is 0 Å². The zero-order chi connectivity index (χ0) is 12.8. The first-order valence-electron chi connectivity index (χ1n) is 7.56. The number of nitrogens with one attached hydrogen (secondary N) is 2. The lowest BCUT2D eigenvalue weighted by Crippen LogP contribution is -2.40. The molecular formula is C15H26N2O. The maximum Gasteiger partial charge on any atom is 0.220 e. The van der Waals surface area contributed by atoms with Crippen molar-refractivity contribution in [1.29, 1.82) is 0 Å². The van der Waals surface area contributed by atoms with Crippen LogP contribution in [-0.2, 0) is 4.79 Å². The molecule has 18 heavy (non-hydrogen) atoms. The highest BCUT2D eigenvalue weighted by Crippen LogP contribution is 2.51. The van der Waals surface area contributed by atoms with Crippen molar-refractivity contribution in [3.05, 3.63) is 0 Å². The smallest absolute Gasteiger partial charge is 0.220 e. The van der Waals surface area contributed by atoms with Gasteiger partial charge in [0.2, 0.25) is 5.91 Å². The molecule has 2 N–H and O–H groups in total. The third-order valence-electron chi connectivity index (χ3n) is 5.31. The van der Waals surface area contributed by atoms with E-state index in [4.69, 9.17) is 0 Å². The second-order valence-electron chi connectivity index (χ2n) is 7.37. The second-order valence-corrected chi connectivity index (χ2v) is 7.37. The first kappa shape index (κ1) is 12.5. The van der Waals surface area contributed by atoms with Crippen LogP contribution in [0.15, 0.2) is 0 Å². The van der Waals surface area contributed by atoms with E-state index in [9.17, 15) is 4.79 Å². The van der Waals surface area contributed by atoms with E-state index in [1.807, 2.05) is 0 Å². The van der Waals surface area contributed by atoms with Gasteiger partial charge in [-0.15, -0.1) is 0 Å². The van der Waals surface area contributed by atoms with E-state index < -0.39 is 0 Å². The summed E-state index contributed by atoms with van der Waals surface area (Å²) in [6, 6.07) is 1.40. The normalized spacial score (nSPS) is 40.6. The number of amides is 1. The Hall–Kier alpha value is -0.570. The lowest BCUT2D eigenvalue weighted by molar-refractivity contribution is -0.122. The highest BCUT2D eigenvalue weighted by molar-refractivity contribution is 5.76. The Kier molecular flexibility index (Phi) is 3.13. The van der Waals surface area contributed by atoms with Crippen molar-refractivity contribution >= 4 is 5.91 Å². The van der Waals surface area contributed by atoms with Crippen molar-refractivity contribution in [2.45, 2.75) is 64.5 Å². The topological polar surface area (TPSA) is 41.1 Å². The quantitative estimate of drug-likeness (QED) is 0.802. The SMILES string of the molecule is CC1(C)CC1CNC(=O)CC1CC2CCC(C1)N2. The Morgan fingerprint density at radius 2 is 1.89 bits per heavy atom. The molecule has 102 valence electrons. The van der Waals surface area contributed by atoms with Gasteiger partial charge in [0.25, 0.3) is 0 Å². The Balaban J connectivity index is 1.39. The van der Waals surface area contributed by atoms with Gasteiger partial charge in [0.15, 0.2) is 0 Å². The van der Waals surface area contributed by atoms with E-state index in [-0.39, 0.29) is 5.91 Å². The summed E-state index contributed by atoms with van der Waals surface area (Å²) < 4.78 is 0. The van der Waals surface area contributed by atoms with Crippen molar-refractivity contribution in [3.8, 4) is 0 Å². The third-order valence-corrected chi connectivity index (χ3v) is 5.31. The molecule has 3 fully saturated rings. The lowest BCUT2D eigenvalue weighted by atomic mass is 9.89. The number of hydrogen-bond donors (Lipinski definition) is 2. The maximum atomic E-state index is 12.0. The summed E-state index contributed by atoms with van der Waals surface area (Å²) in [5, 5.41) is 6.77. The molecule has 3 heteroatoms. The van der Waals surface area contributed by atoms with Gasteiger partial charge < -0.3 is 10.6 Å². The molecule has 3 rings (SSSR count). The minimum Gasteiger partial charge on any atom is -0.356 e. The maximum absolute atomic E-state index is 12.0. The fraction of sp³-hybridized carbons (Fsp3) is 0.933. The van der Waals surface area contributed by atoms with Crippen LogP contribution in [0, 0.1) is 17.3 Å². The van der Waals surface area contributed by atoms with E-state index in [2.05, 4.69) is 24.5 Å². The van der Waals surface area contributed by atoms with Crippen molar-refractivity contribution in [1.82, 2.24) is 10.6 Å². The molecule has 0 aromatic rings. The predicted molar refractivity (Wildman–Crippen MR) is 72.2 cm³/mol. The highest BCUT2D eigenvalue weighted by Gasteiger charge is 2.45. The van der Waals surface area contributed by atoms with Crippen LogP contribution in [0.5, 0.6) is 0 Å². The number of carbonyl (C=O) groups excluding carboxylic acids is 1. The zero-order valence-corrected chi connectivity index (χ0v) is 11.7. The Morgan fingerprint density at radius 3 is 2.44 bits per heavy atom. The second kappa shape index (κ2) is 4.52. The van der Waals surface area contributed by atoms with Crippen LogP contribution >= 0.6 is 0 Å². The van der Waals surface area contributed by atoms with Crippen LogP contribution in [-0.4, -0.2) is 24.5 Å². The molecule has 2 saturated heterocycles. The van der Waals surface area contributed by atoms with Gasteiger partial charge in [-0.3, -0.25) is 4.79 Å². The van der Waals surface area contributed by atoms with Crippen LogP contribution in [0.1, 0.15) is 52.4 Å². The molecule has 3 nitrogen and oxygen atoms in total. The van der Waals surface area contributed by atoms with Crippen molar-refractivity contribution in [2.75, 3.05) is 6.54 Å². The minimum absolute atomic E-state index is 0.281. The molecule has 2 heterocycles. The van der Waals surface area contributed by atoms with Crippen LogP contribution in [0.4, 0.5) is 0 Å². The fourth-order valence-electron chi connectivity index (χ4n) is 3.84. The van der Waals surface area contributed by atoms with Crippen LogP contribution in [0.2, 0.25) is 0 Å². The molecule has 0 spiro atoms. The van der Waals surface area contributed by atoms with Gasteiger partial charge >= 0.3 is 0 Å². The van der Waals surface area contributed by atoms with E-state index in [0.717, 1.165) is 13.0 Å². The number of piperidine rings is 1. The molecule has 3 atom stereocenters. The molecule has 1 aliphatic carbocycles. The van der Waals surface area contributed by atoms with E-state index in [1.54, 1.807) is 0 Å². The van der Waals surface area contributed by atoms with E-state index >= 15 is 0 Å². The summed E-state index contributed by atoms with van der Waals surface area (Å²) in [4.78, 5) is 12.0. The van der Waals surface area contributed by atoms with Gasteiger partial charge in [0.05, 0.1) is 0 Å². The summed E-state index contributed by atoms with van der Waals surface area (Å²) in [6.45, 7) is 5.46. The average molecular weight is 250 g/mol. The van der Waals surface area contributed by atoms with Crippen LogP contribution in [0.25, 0.3) is 0 Å². The Bertz CT molecular complexity index is 327. The molecule has 1 saturated carbocycles. The monoisotopic (exact) mass is 250 g/mol.